The van der Waals surface area contributed by atoms with E-state index in [2.05, 4.69) is 36.7 Å². The Balaban J connectivity index is 1.49. The fraction of sp³-hybridized carbons (Fsp3) is 0.286. The van der Waals surface area contributed by atoms with E-state index in [1.807, 2.05) is 29.1 Å². The molecule has 7 rings (SSSR count). The Morgan fingerprint density at radius 3 is 2.76 bits per heavy atom. The molecular formula is C35H33F2N5O3S. The van der Waals surface area contributed by atoms with Crippen LogP contribution >= 0.6 is 11.3 Å². The number of likely N-dealkylation sites (N-methyl/N-ethyl adjacent to an activating group) is 1. The number of carbonyl (C=O) groups excluding carboxylic acids is 1. The summed E-state index contributed by atoms with van der Waals surface area (Å²) in [5.41, 5.74) is 6.41. The lowest BCUT2D eigenvalue weighted by atomic mass is 9.93. The van der Waals surface area contributed by atoms with Crippen molar-refractivity contribution in [3.8, 4) is 39.5 Å². The summed E-state index contributed by atoms with van der Waals surface area (Å²) in [7, 11) is 2.11. The van der Waals surface area contributed by atoms with Gasteiger partial charge in [-0.3, -0.25) is 9.48 Å². The number of carbonyl (C=O) groups is 1. The average Bonchev–Trinajstić information content (AvgIpc) is 3.71. The van der Waals surface area contributed by atoms with Crippen molar-refractivity contribution in [1.82, 2.24) is 24.6 Å². The summed E-state index contributed by atoms with van der Waals surface area (Å²) in [6.45, 7) is 7.88. The molecule has 1 amide bonds. The highest BCUT2D eigenvalue weighted by Gasteiger charge is 2.31. The molecule has 236 valence electrons. The van der Waals surface area contributed by atoms with Crippen LogP contribution in [-0.2, 0) is 24.3 Å². The van der Waals surface area contributed by atoms with Gasteiger partial charge in [-0.05, 0) is 61.2 Å². The lowest BCUT2D eigenvalue weighted by Gasteiger charge is -2.33. The van der Waals surface area contributed by atoms with E-state index in [9.17, 15) is 14.3 Å². The number of hydrogen-bond acceptors (Lipinski definition) is 7. The number of thiophene rings is 1. The Kier molecular flexibility index (Phi) is 7.92. The maximum absolute atomic E-state index is 16.0. The first-order valence-corrected chi connectivity index (χ1v) is 16.1. The first-order valence-electron chi connectivity index (χ1n) is 15.2. The Morgan fingerprint density at radius 1 is 1.11 bits per heavy atom. The van der Waals surface area contributed by atoms with Crippen LogP contribution in [-0.4, -0.2) is 68.9 Å². The molecule has 2 aliphatic heterocycles. The smallest absolute Gasteiger partial charge is 0.246 e. The minimum absolute atomic E-state index is 0.0334. The maximum atomic E-state index is 16.0. The van der Waals surface area contributed by atoms with Crippen LogP contribution in [0.3, 0.4) is 0 Å². The molecule has 0 fully saturated rings. The number of pyridine rings is 1. The van der Waals surface area contributed by atoms with E-state index < -0.39 is 11.6 Å². The third kappa shape index (κ3) is 5.18. The van der Waals surface area contributed by atoms with Gasteiger partial charge in [-0.15, -0.1) is 11.3 Å². The molecule has 5 aromatic rings. The highest BCUT2D eigenvalue weighted by molar-refractivity contribution is 7.18. The van der Waals surface area contributed by atoms with Crippen molar-refractivity contribution in [2.24, 2.45) is 0 Å². The van der Waals surface area contributed by atoms with Crippen molar-refractivity contribution >= 4 is 27.3 Å². The van der Waals surface area contributed by atoms with E-state index in [4.69, 9.17) is 14.8 Å². The zero-order chi connectivity index (χ0) is 32.1. The summed E-state index contributed by atoms with van der Waals surface area (Å²) < 4.78 is 38.9. The van der Waals surface area contributed by atoms with E-state index in [0.29, 0.717) is 30.0 Å². The number of rotatable bonds is 7. The van der Waals surface area contributed by atoms with Crippen molar-refractivity contribution in [2.75, 3.05) is 33.4 Å². The second-order valence-corrected chi connectivity index (χ2v) is 12.7. The van der Waals surface area contributed by atoms with E-state index in [-0.39, 0.29) is 36.5 Å². The molecule has 0 radical (unpaired) electrons. The monoisotopic (exact) mass is 641 g/mol. The van der Waals surface area contributed by atoms with Crippen molar-refractivity contribution in [3.63, 3.8) is 0 Å². The van der Waals surface area contributed by atoms with Crippen LogP contribution in [0.5, 0.6) is 5.75 Å². The molecule has 2 aromatic carbocycles. The number of aromatic nitrogens is 3. The molecule has 11 heteroatoms. The van der Waals surface area contributed by atoms with Gasteiger partial charge in [-0.2, -0.15) is 5.10 Å². The molecule has 3 aromatic heterocycles. The second kappa shape index (κ2) is 12.1. The zero-order valence-electron chi connectivity index (χ0n) is 25.6. The summed E-state index contributed by atoms with van der Waals surface area (Å²) >= 11 is 1.43. The van der Waals surface area contributed by atoms with E-state index in [0.717, 1.165) is 58.7 Å². The molecule has 0 spiro atoms. The van der Waals surface area contributed by atoms with Crippen LogP contribution in [0.2, 0.25) is 0 Å². The highest BCUT2D eigenvalue weighted by Crippen LogP contribution is 2.47. The molecule has 0 aliphatic carbocycles. The highest BCUT2D eigenvalue weighted by atomic mass is 32.1. The SMILES string of the molecule is C=CC(=O)N1CCn2nc(-c3nc(-c4ccc5c(c4)CN(C)CC5)c4ccsc4c3-c3c(F)cc(F)cc3OCCO)cc2C1C. The maximum Gasteiger partial charge on any atom is 0.246 e. The molecule has 1 atom stereocenters. The minimum atomic E-state index is -0.810. The number of amides is 1. The number of ether oxygens (including phenoxy) is 1. The molecular weight excluding hydrogens is 608 g/mol. The van der Waals surface area contributed by atoms with Crippen LogP contribution in [0.1, 0.15) is 29.8 Å². The lowest BCUT2D eigenvalue weighted by molar-refractivity contribution is -0.129. The van der Waals surface area contributed by atoms with Crippen molar-refractivity contribution < 1.29 is 23.4 Å². The van der Waals surface area contributed by atoms with Gasteiger partial charge >= 0.3 is 0 Å². The average molecular weight is 642 g/mol. The molecule has 2 aliphatic rings. The van der Waals surface area contributed by atoms with E-state index in [1.165, 1.54) is 28.5 Å². The van der Waals surface area contributed by atoms with Crippen LogP contribution in [0.25, 0.3) is 43.9 Å². The summed E-state index contributed by atoms with van der Waals surface area (Å²) in [5.74, 6) is -1.80. The van der Waals surface area contributed by atoms with Gasteiger partial charge in [0, 0.05) is 53.0 Å². The van der Waals surface area contributed by atoms with Gasteiger partial charge < -0.3 is 19.6 Å². The van der Waals surface area contributed by atoms with Gasteiger partial charge in [0.15, 0.2) is 0 Å². The number of benzene rings is 2. The van der Waals surface area contributed by atoms with Gasteiger partial charge in [-0.1, -0.05) is 18.7 Å². The normalized spacial score (nSPS) is 16.4. The van der Waals surface area contributed by atoms with Crippen LogP contribution in [0.4, 0.5) is 8.78 Å². The van der Waals surface area contributed by atoms with Crippen molar-refractivity contribution in [1.29, 1.82) is 0 Å². The molecule has 46 heavy (non-hydrogen) atoms. The molecule has 0 saturated heterocycles. The zero-order valence-corrected chi connectivity index (χ0v) is 26.4. The molecule has 8 nitrogen and oxygen atoms in total. The fourth-order valence-corrected chi connectivity index (χ4v) is 7.55. The van der Waals surface area contributed by atoms with Gasteiger partial charge in [0.2, 0.25) is 5.91 Å². The number of aliphatic hydroxyl groups is 1. The van der Waals surface area contributed by atoms with Gasteiger partial charge in [0.25, 0.3) is 0 Å². The first-order chi connectivity index (χ1) is 22.3. The molecule has 0 saturated carbocycles. The topological polar surface area (TPSA) is 83.7 Å². The second-order valence-electron chi connectivity index (χ2n) is 11.7. The summed E-state index contributed by atoms with van der Waals surface area (Å²) in [6, 6.07) is 12.0. The Morgan fingerprint density at radius 2 is 1.96 bits per heavy atom. The first kappa shape index (κ1) is 30.2. The van der Waals surface area contributed by atoms with Gasteiger partial charge in [0.05, 0.1) is 36.1 Å². The number of fused-ring (bicyclic) bond motifs is 3. The molecule has 0 bridgehead atoms. The van der Waals surface area contributed by atoms with E-state index >= 15 is 4.39 Å². The fourth-order valence-electron chi connectivity index (χ4n) is 6.61. The third-order valence-corrected chi connectivity index (χ3v) is 9.80. The molecule has 1 unspecified atom stereocenters. The van der Waals surface area contributed by atoms with Crippen molar-refractivity contribution in [3.05, 3.63) is 89.0 Å². The van der Waals surface area contributed by atoms with Crippen molar-refractivity contribution in [2.45, 2.75) is 32.5 Å². The van der Waals surface area contributed by atoms with Gasteiger partial charge in [-0.25, -0.2) is 13.8 Å². The van der Waals surface area contributed by atoms with Crippen LogP contribution < -0.4 is 4.74 Å². The molecule has 1 N–H and O–H groups in total. The number of aliphatic hydroxyl groups excluding tert-OH is 1. The number of hydrogen-bond donors (Lipinski definition) is 1. The third-order valence-electron chi connectivity index (χ3n) is 8.87. The predicted molar refractivity (Wildman–Crippen MR) is 175 cm³/mol. The predicted octanol–water partition coefficient (Wildman–Crippen LogP) is 6.22. The van der Waals surface area contributed by atoms with Gasteiger partial charge in [0.1, 0.15) is 35.4 Å². The van der Waals surface area contributed by atoms with Crippen LogP contribution in [0.15, 0.2) is 60.5 Å². The quantitative estimate of drug-likeness (QED) is 0.213. The number of nitrogens with zero attached hydrogens (tertiary/aromatic N) is 5. The largest absolute Gasteiger partial charge is 0.490 e. The Hall–Kier alpha value is -4.45. The Bertz CT molecular complexity index is 2000. The number of halogens is 2. The molecule has 5 heterocycles. The van der Waals surface area contributed by atoms with E-state index in [1.54, 1.807) is 4.90 Å². The van der Waals surface area contributed by atoms with Crippen LogP contribution in [0, 0.1) is 11.6 Å². The lowest BCUT2D eigenvalue weighted by Crippen LogP contribution is -2.40. The standard InChI is InChI=1S/C35H33F2N5O3S/c1-4-30(44)41-10-11-42-28(20(41)2)18-27(39-42)34-32(31-26(37)16-24(36)17-29(31)45-13-12-43)35-25(8-14-46-35)33(38-34)22-6-5-21-7-9-40(3)19-23(21)15-22/h4-6,8,14-18,20,43H,1,7,9-13,19H2,2-3H3. The minimum Gasteiger partial charge on any atom is -0.490 e. The summed E-state index contributed by atoms with van der Waals surface area (Å²) in [6.07, 6.45) is 2.28. The summed E-state index contributed by atoms with van der Waals surface area (Å²) in [5, 5.41) is 17.2. The Labute approximate surface area is 269 Å². The summed E-state index contributed by atoms with van der Waals surface area (Å²) in [4.78, 5) is 21.9.